The molecule has 0 spiro atoms. The van der Waals surface area contributed by atoms with Crippen molar-refractivity contribution in [1.82, 2.24) is 4.72 Å². The molecule has 1 rings (SSSR count). The first-order chi connectivity index (χ1) is 8.86. The van der Waals surface area contributed by atoms with Gasteiger partial charge in [0.2, 0.25) is 10.0 Å². The summed E-state index contributed by atoms with van der Waals surface area (Å²) in [7, 11) is -3.59. The highest BCUT2D eigenvalue weighted by atomic mass is 32.2. The second-order valence-corrected chi connectivity index (χ2v) is 5.84. The number of carbonyl (C=O) groups excluding carboxylic acids is 1. The Morgan fingerprint density at radius 3 is 2.42 bits per heavy atom. The van der Waals surface area contributed by atoms with Crippen molar-refractivity contribution in [2.75, 3.05) is 13.2 Å². The van der Waals surface area contributed by atoms with E-state index in [1.165, 1.54) is 24.3 Å². The molecule has 0 saturated heterocycles. The molecule has 7 heteroatoms. The lowest BCUT2D eigenvalue weighted by Gasteiger charge is -2.09. The molecule has 0 aliphatic heterocycles. The van der Waals surface area contributed by atoms with E-state index in [1.807, 2.05) is 0 Å². The quantitative estimate of drug-likeness (QED) is 0.741. The summed E-state index contributed by atoms with van der Waals surface area (Å²) in [6.45, 7) is 3.83. The van der Waals surface area contributed by atoms with Crippen molar-refractivity contribution < 1.29 is 17.9 Å². The first-order valence-corrected chi connectivity index (χ1v) is 7.37. The van der Waals surface area contributed by atoms with Crippen molar-refractivity contribution in [3.05, 3.63) is 29.8 Å². The van der Waals surface area contributed by atoms with E-state index in [0.29, 0.717) is 5.56 Å². The summed E-state index contributed by atoms with van der Waals surface area (Å²) in [4.78, 5) is 11.5. The van der Waals surface area contributed by atoms with E-state index in [2.05, 4.69) is 4.72 Å². The molecule has 3 N–H and O–H groups in total. The van der Waals surface area contributed by atoms with E-state index in [1.54, 1.807) is 13.8 Å². The highest BCUT2D eigenvalue weighted by molar-refractivity contribution is 7.89. The highest BCUT2D eigenvalue weighted by Crippen LogP contribution is 2.11. The SMILES string of the molecule is CCOC(=O)c1ccc(S(=O)(=O)NCC(C)N)cc1. The molecule has 1 atom stereocenters. The van der Waals surface area contributed by atoms with Gasteiger partial charge < -0.3 is 10.5 Å². The third-order valence-corrected chi connectivity index (χ3v) is 3.71. The number of esters is 1. The minimum Gasteiger partial charge on any atom is -0.462 e. The van der Waals surface area contributed by atoms with Crippen molar-refractivity contribution in [2.45, 2.75) is 24.8 Å². The lowest BCUT2D eigenvalue weighted by atomic mass is 10.2. The van der Waals surface area contributed by atoms with E-state index in [4.69, 9.17) is 10.5 Å². The number of benzene rings is 1. The molecule has 0 amide bonds. The molecule has 0 bridgehead atoms. The Hall–Kier alpha value is -1.44. The molecular weight excluding hydrogens is 268 g/mol. The second kappa shape index (κ2) is 6.65. The molecule has 0 radical (unpaired) electrons. The maximum absolute atomic E-state index is 11.9. The lowest BCUT2D eigenvalue weighted by Crippen LogP contribution is -2.35. The van der Waals surface area contributed by atoms with E-state index in [0.717, 1.165) is 0 Å². The normalized spacial score (nSPS) is 13.0. The minimum absolute atomic E-state index is 0.0844. The lowest BCUT2D eigenvalue weighted by molar-refractivity contribution is 0.0526. The van der Waals surface area contributed by atoms with Gasteiger partial charge in [0.1, 0.15) is 0 Å². The molecule has 6 nitrogen and oxygen atoms in total. The van der Waals surface area contributed by atoms with Gasteiger partial charge in [0.25, 0.3) is 0 Å². The van der Waals surface area contributed by atoms with Crippen LogP contribution in [0, 0.1) is 0 Å². The van der Waals surface area contributed by atoms with Crippen molar-refractivity contribution >= 4 is 16.0 Å². The van der Waals surface area contributed by atoms with Gasteiger partial charge >= 0.3 is 5.97 Å². The number of nitrogens with one attached hydrogen (secondary N) is 1. The molecule has 0 saturated carbocycles. The van der Waals surface area contributed by atoms with Gasteiger partial charge in [-0.15, -0.1) is 0 Å². The number of rotatable bonds is 6. The molecule has 1 aromatic carbocycles. The molecule has 19 heavy (non-hydrogen) atoms. The predicted octanol–water partition coefficient (Wildman–Crippen LogP) is 0.489. The van der Waals surface area contributed by atoms with E-state index in [-0.39, 0.29) is 24.1 Å². The molecule has 1 aromatic rings. The Morgan fingerprint density at radius 1 is 1.37 bits per heavy atom. The molecule has 0 aromatic heterocycles. The van der Waals surface area contributed by atoms with Gasteiger partial charge in [0, 0.05) is 12.6 Å². The first-order valence-electron chi connectivity index (χ1n) is 5.89. The van der Waals surface area contributed by atoms with Gasteiger partial charge in [-0.05, 0) is 38.1 Å². The van der Waals surface area contributed by atoms with Crippen LogP contribution in [-0.2, 0) is 14.8 Å². The third kappa shape index (κ3) is 4.62. The van der Waals surface area contributed by atoms with Crippen LogP contribution in [0.2, 0.25) is 0 Å². The Kier molecular flexibility index (Phi) is 5.46. The zero-order valence-electron chi connectivity index (χ0n) is 10.9. The summed E-state index contributed by atoms with van der Waals surface area (Å²) >= 11 is 0. The molecular formula is C12H18N2O4S. The maximum atomic E-state index is 11.9. The van der Waals surface area contributed by atoms with E-state index in [9.17, 15) is 13.2 Å². The summed E-state index contributed by atoms with van der Waals surface area (Å²) in [5.74, 6) is -0.477. The Morgan fingerprint density at radius 2 is 1.95 bits per heavy atom. The van der Waals surface area contributed by atoms with Crippen molar-refractivity contribution in [3.8, 4) is 0 Å². The molecule has 0 fully saturated rings. The molecule has 0 aliphatic carbocycles. The van der Waals surface area contributed by atoms with Crippen LogP contribution in [0.25, 0.3) is 0 Å². The van der Waals surface area contributed by atoms with E-state index < -0.39 is 16.0 Å². The Balaban J connectivity index is 2.83. The zero-order valence-corrected chi connectivity index (χ0v) is 11.7. The van der Waals surface area contributed by atoms with Crippen molar-refractivity contribution in [2.24, 2.45) is 5.73 Å². The Labute approximate surface area is 113 Å². The fraction of sp³-hybridized carbons (Fsp3) is 0.417. The van der Waals surface area contributed by atoms with Gasteiger partial charge in [0.05, 0.1) is 17.1 Å². The van der Waals surface area contributed by atoms with Crippen LogP contribution in [0.4, 0.5) is 0 Å². The zero-order chi connectivity index (χ0) is 14.5. The smallest absolute Gasteiger partial charge is 0.338 e. The van der Waals surface area contributed by atoms with E-state index >= 15 is 0 Å². The van der Waals surface area contributed by atoms with Crippen LogP contribution < -0.4 is 10.5 Å². The summed E-state index contributed by atoms with van der Waals surface area (Å²) in [5, 5.41) is 0. The summed E-state index contributed by atoms with van der Waals surface area (Å²) in [6.07, 6.45) is 0. The van der Waals surface area contributed by atoms with Crippen LogP contribution in [0.15, 0.2) is 29.2 Å². The average molecular weight is 286 g/mol. The van der Waals surface area contributed by atoms with Crippen molar-refractivity contribution in [1.29, 1.82) is 0 Å². The number of sulfonamides is 1. The van der Waals surface area contributed by atoms with Crippen LogP contribution in [0.1, 0.15) is 24.2 Å². The summed E-state index contributed by atoms with van der Waals surface area (Å²) < 4.78 is 30.9. The monoisotopic (exact) mass is 286 g/mol. The third-order valence-electron chi connectivity index (χ3n) is 2.27. The second-order valence-electron chi connectivity index (χ2n) is 4.07. The highest BCUT2D eigenvalue weighted by Gasteiger charge is 2.15. The maximum Gasteiger partial charge on any atom is 0.338 e. The van der Waals surface area contributed by atoms with Gasteiger partial charge in [-0.1, -0.05) is 0 Å². The number of carbonyl (C=O) groups is 1. The topological polar surface area (TPSA) is 98.5 Å². The fourth-order valence-electron chi connectivity index (χ4n) is 1.31. The van der Waals surface area contributed by atoms with Crippen LogP contribution in [0.5, 0.6) is 0 Å². The summed E-state index contributed by atoms with van der Waals surface area (Å²) in [5.41, 5.74) is 5.80. The predicted molar refractivity (Wildman–Crippen MR) is 71.2 cm³/mol. The van der Waals surface area contributed by atoms with Gasteiger partial charge in [-0.25, -0.2) is 17.9 Å². The van der Waals surface area contributed by atoms with Gasteiger partial charge in [-0.2, -0.15) is 0 Å². The van der Waals surface area contributed by atoms with Gasteiger partial charge in [-0.3, -0.25) is 0 Å². The average Bonchev–Trinajstić information content (AvgIpc) is 2.37. The van der Waals surface area contributed by atoms with Crippen LogP contribution in [-0.4, -0.2) is 33.6 Å². The minimum atomic E-state index is -3.59. The standard InChI is InChI=1S/C12H18N2O4S/c1-3-18-12(15)10-4-6-11(7-5-10)19(16,17)14-8-9(2)13/h4-7,9,14H,3,8,13H2,1-2H3. The van der Waals surface area contributed by atoms with Crippen molar-refractivity contribution in [3.63, 3.8) is 0 Å². The fourth-order valence-corrected chi connectivity index (χ4v) is 2.45. The molecule has 0 aliphatic rings. The molecule has 1 unspecified atom stereocenters. The number of hydrogen-bond donors (Lipinski definition) is 2. The molecule has 106 valence electrons. The summed E-state index contributed by atoms with van der Waals surface area (Å²) in [6, 6.07) is 5.27. The van der Waals surface area contributed by atoms with Crippen LogP contribution >= 0.6 is 0 Å². The largest absolute Gasteiger partial charge is 0.462 e. The number of hydrogen-bond acceptors (Lipinski definition) is 5. The number of nitrogens with two attached hydrogens (primary N) is 1. The van der Waals surface area contributed by atoms with Crippen LogP contribution in [0.3, 0.4) is 0 Å². The first kappa shape index (κ1) is 15.6. The number of ether oxygens (including phenoxy) is 1. The Bertz CT molecular complexity index is 523. The van der Waals surface area contributed by atoms with Gasteiger partial charge in [0.15, 0.2) is 0 Å². The molecule has 0 heterocycles.